The van der Waals surface area contributed by atoms with E-state index >= 15 is 0 Å². The van der Waals surface area contributed by atoms with Crippen LogP contribution in [-0.4, -0.2) is 34.1 Å². The van der Waals surface area contributed by atoms with Crippen molar-refractivity contribution >= 4 is 5.91 Å². The topological polar surface area (TPSA) is 60.8 Å². The van der Waals surface area contributed by atoms with Crippen LogP contribution in [0.3, 0.4) is 0 Å². The summed E-state index contributed by atoms with van der Waals surface area (Å²) < 4.78 is 0. The summed E-state index contributed by atoms with van der Waals surface area (Å²) in [5.74, 6) is 0.338. The zero-order valence-corrected chi connectivity index (χ0v) is 13.1. The summed E-state index contributed by atoms with van der Waals surface area (Å²) in [7, 11) is 0. The minimum atomic E-state index is -0.115. The van der Waals surface area contributed by atoms with Gasteiger partial charge in [0.25, 0.3) is 5.91 Å². The van der Waals surface area contributed by atoms with E-state index in [4.69, 9.17) is 0 Å². The third-order valence-electron chi connectivity index (χ3n) is 4.39. The van der Waals surface area contributed by atoms with Gasteiger partial charge < -0.3 is 15.1 Å². The molecular formula is C17H25NO3. The molecule has 0 radical (unpaired) electrons. The summed E-state index contributed by atoms with van der Waals surface area (Å²) in [6.07, 6.45) is 3.14. The van der Waals surface area contributed by atoms with E-state index in [-0.39, 0.29) is 22.8 Å². The molecule has 2 rings (SSSR count). The maximum absolute atomic E-state index is 12.5. The lowest BCUT2D eigenvalue weighted by molar-refractivity contribution is 0.0754. The maximum Gasteiger partial charge on any atom is 0.254 e. The van der Waals surface area contributed by atoms with E-state index in [9.17, 15) is 15.0 Å². The molecule has 1 unspecified atom stereocenters. The van der Waals surface area contributed by atoms with Crippen LogP contribution in [0.25, 0.3) is 0 Å². The van der Waals surface area contributed by atoms with E-state index < -0.39 is 0 Å². The third-order valence-corrected chi connectivity index (χ3v) is 4.39. The van der Waals surface area contributed by atoms with Crippen molar-refractivity contribution in [3.05, 3.63) is 23.8 Å². The fourth-order valence-corrected chi connectivity index (χ4v) is 3.07. The molecule has 1 atom stereocenters. The Bertz CT molecular complexity index is 499. The molecule has 1 aromatic carbocycles. The first-order chi connectivity index (χ1) is 9.77. The van der Waals surface area contributed by atoms with Crippen molar-refractivity contribution in [3.8, 4) is 11.5 Å². The maximum atomic E-state index is 12.5. The summed E-state index contributed by atoms with van der Waals surface area (Å²) in [6, 6.07) is 4.05. The van der Waals surface area contributed by atoms with E-state index in [2.05, 4.69) is 20.8 Å². The molecule has 1 aliphatic rings. The van der Waals surface area contributed by atoms with Gasteiger partial charge >= 0.3 is 0 Å². The Hall–Kier alpha value is -1.71. The number of benzene rings is 1. The van der Waals surface area contributed by atoms with Crippen LogP contribution in [-0.2, 0) is 0 Å². The molecule has 1 amide bonds. The SMILES string of the molecule is CC(C)(C)C1CCCN(C(=O)c2cc(O)cc(O)c2)CC1. The standard InChI is InChI=1S/C17H25NO3/c1-17(2,3)13-5-4-7-18(8-6-13)16(21)12-9-14(19)11-15(20)10-12/h9-11,13,19-20H,4-8H2,1-3H3. The molecule has 1 aliphatic heterocycles. The van der Waals surface area contributed by atoms with Gasteiger partial charge in [-0.1, -0.05) is 20.8 Å². The Kier molecular flexibility index (Phi) is 4.45. The average Bonchev–Trinajstić information content (AvgIpc) is 2.61. The van der Waals surface area contributed by atoms with Crippen molar-refractivity contribution in [2.45, 2.75) is 40.0 Å². The summed E-state index contributed by atoms with van der Waals surface area (Å²) in [6.45, 7) is 8.23. The molecule has 0 spiro atoms. The third kappa shape index (κ3) is 3.90. The number of likely N-dealkylation sites (tertiary alicyclic amines) is 1. The molecule has 4 heteroatoms. The fraction of sp³-hybridized carbons (Fsp3) is 0.588. The van der Waals surface area contributed by atoms with Crippen LogP contribution in [0.5, 0.6) is 11.5 Å². The molecule has 116 valence electrons. The Labute approximate surface area is 126 Å². The Balaban J connectivity index is 2.10. The van der Waals surface area contributed by atoms with Crippen LogP contribution in [0.2, 0.25) is 0 Å². The second-order valence-corrected chi connectivity index (χ2v) is 7.02. The van der Waals surface area contributed by atoms with Gasteiger partial charge in [-0.05, 0) is 42.7 Å². The fourth-order valence-electron chi connectivity index (χ4n) is 3.07. The predicted molar refractivity (Wildman–Crippen MR) is 82.5 cm³/mol. The summed E-state index contributed by atoms with van der Waals surface area (Å²) >= 11 is 0. The van der Waals surface area contributed by atoms with Gasteiger partial charge in [0.05, 0.1) is 0 Å². The zero-order chi connectivity index (χ0) is 15.6. The normalized spacial score (nSPS) is 20.1. The lowest BCUT2D eigenvalue weighted by Crippen LogP contribution is -2.32. The minimum absolute atomic E-state index is 0.0826. The number of amides is 1. The van der Waals surface area contributed by atoms with Gasteiger partial charge in [0.2, 0.25) is 0 Å². The quantitative estimate of drug-likeness (QED) is 0.833. The number of phenols is 2. The second kappa shape index (κ2) is 5.96. The largest absolute Gasteiger partial charge is 0.508 e. The van der Waals surface area contributed by atoms with Crippen molar-refractivity contribution in [2.24, 2.45) is 11.3 Å². The van der Waals surface area contributed by atoms with E-state index in [1.165, 1.54) is 18.2 Å². The van der Waals surface area contributed by atoms with Crippen LogP contribution in [0.15, 0.2) is 18.2 Å². The first kappa shape index (κ1) is 15.7. The molecule has 1 aromatic rings. The molecule has 1 heterocycles. The lowest BCUT2D eigenvalue weighted by Gasteiger charge is -2.29. The van der Waals surface area contributed by atoms with E-state index in [1.54, 1.807) is 0 Å². The van der Waals surface area contributed by atoms with Crippen LogP contribution in [0.1, 0.15) is 50.4 Å². The highest BCUT2D eigenvalue weighted by Crippen LogP contribution is 2.34. The molecule has 0 aromatic heterocycles. The summed E-state index contributed by atoms with van der Waals surface area (Å²) in [4.78, 5) is 14.4. The number of carbonyl (C=O) groups excluding carboxylic acids is 1. The Morgan fingerprint density at radius 3 is 2.29 bits per heavy atom. The monoisotopic (exact) mass is 291 g/mol. The number of nitrogens with zero attached hydrogens (tertiary/aromatic N) is 1. The Morgan fingerprint density at radius 2 is 1.71 bits per heavy atom. The van der Waals surface area contributed by atoms with Crippen LogP contribution in [0.4, 0.5) is 0 Å². The molecule has 0 saturated carbocycles. The summed E-state index contributed by atoms with van der Waals surface area (Å²) in [5, 5.41) is 19.0. The smallest absolute Gasteiger partial charge is 0.254 e. The van der Waals surface area contributed by atoms with Gasteiger partial charge in [0.15, 0.2) is 0 Å². The van der Waals surface area contributed by atoms with E-state index in [1.807, 2.05) is 4.90 Å². The number of hydrogen-bond donors (Lipinski definition) is 2. The van der Waals surface area contributed by atoms with Gasteiger partial charge in [-0.3, -0.25) is 4.79 Å². The van der Waals surface area contributed by atoms with Crippen LogP contribution < -0.4 is 0 Å². The molecule has 1 saturated heterocycles. The highest BCUT2D eigenvalue weighted by atomic mass is 16.3. The molecule has 2 N–H and O–H groups in total. The highest BCUT2D eigenvalue weighted by molar-refractivity contribution is 5.95. The molecular weight excluding hydrogens is 266 g/mol. The first-order valence-electron chi connectivity index (χ1n) is 7.59. The van der Waals surface area contributed by atoms with Crippen molar-refractivity contribution in [2.75, 3.05) is 13.1 Å². The number of phenolic OH excluding ortho intramolecular Hbond substituents is 2. The highest BCUT2D eigenvalue weighted by Gasteiger charge is 2.28. The van der Waals surface area contributed by atoms with Crippen LogP contribution in [0, 0.1) is 11.3 Å². The van der Waals surface area contributed by atoms with E-state index in [0.717, 1.165) is 32.4 Å². The number of aromatic hydroxyl groups is 2. The molecule has 21 heavy (non-hydrogen) atoms. The number of carbonyl (C=O) groups is 1. The van der Waals surface area contributed by atoms with E-state index in [0.29, 0.717) is 11.5 Å². The molecule has 0 aliphatic carbocycles. The van der Waals surface area contributed by atoms with Gasteiger partial charge in [0, 0.05) is 24.7 Å². The minimum Gasteiger partial charge on any atom is -0.508 e. The first-order valence-corrected chi connectivity index (χ1v) is 7.59. The Morgan fingerprint density at radius 1 is 1.10 bits per heavy atom. The zero-order valence-electron chi connectivity index (χ0n) is 13.1. The van der Waals surface area contributed by atoms with Crippen molar-refractivity contribution in [3.63, 3.8) is 0 Å². The van der Waals surface area contributed by atoms with Crippen LogP contribution >= 0.6 is 0 Å². The average molecular weight is 291 g/mol. The molecule has 4 nitrogen and oxygen atoms in total. The van der Waals surface area contributed by atoms with Crippen molar-refractivity contribution in [1.29, 1.82) is 0 Å². The number of hydrogen-bond acceptors (Lipinski definition) is 3. The van der Waals surface area contributed by atoms with Crippen molar-refractivity contribution < 1.29 is 15.0 Å². The summed E-state index contributed by atoms with van der Waals surface area (Å²) in [5.41, 5.74) is 0.615. The van der Waals surface area contributed by atoms with Gasteiger partial charge in [-0.25, -0.2) is 0 Å². The second-order valence-electron chi connectivity index (χ2n) is 7.02. The van der Waals surface area contributed by atoms with Gasteiger partial charge in [-0.2, -0.15) is 0 Å². The predicted octanol–water partition coefficient (Wildman–Crippen LogP) is 3.39. The molecule has 0 bridgehead atoms. The van der Waals surface area contributed by atoms with Crippen molar-refractivity contribution in [1.82, 2.24) is 4.90 Å². The lowest BCUT2D eigenvalue weighted by atomic mass is 9.77. The molecule has 1 fully saturated rings. The van der Waals surface area contributed by atoms with Gasteiger partial charge in [-0.15, -0.1) is 0 Å². The van der Waals surface area contributed by atoms with Gasteiger partial charge in [0.1, 0.15) is 11.5 Å². The number of rotatable bonds is 1.